The van der Waals surface area contributed by atoms with E-state index in [0.29, 0.717) is 6.61 Å². The average Bonchev–Trinajstić information content (AvgIpc) is 3.40. The van der Waals surface area contributed by atoms with Crippen LogP contribution in [0.5, 0.6) is 0 Å². The van der Waals surface area contributed by atoms with Gasteiger partial charge in [0.1, 0.15) is 17.5 Å². The number of H-pyrrole nitrogens is 1. The van der Waals surface area contributed by atoms with Crippen molar-refractivity contribution in [3.8, 4) is 17.3 Å². The molecule has 1 aromatic carbocycles. The monoisotopic (exact) mass is 384 g/mol. The van der Waals surface area contributed by atoms with E-state index in [9.17, 15) is 5.26 Å². The first-order valence-corrected chi connectivity index (χ1v) is 9.69. The molecule has 5 rings (SSSR count). The molecular formula is C22H20N6O. The van der Waals surface area contributed by atoms with Crippen molar-refractivity contribution in [1.29, 1.82) is 5.26 Å². The Kier molecular flexibility index (Phi) is 4.34. The lowest BCUT2D eigenvalue weighted by Gasteiger charge is -2.44. The summed E-state index contributed by atoms with van der Waals surface area (Å²) in [6, 6.07) is 14.3. The van der Waals surface area contributed by atoms with Crippen LogP contribution >= 0.6 is 0 Å². The second-order valence-electron chi connectivity index (χ2n) is 7.40. The molecule has 0 spiro atoms. The highest BCUT2D eigenvalue weighted by Gasteiger charge is 2.48. The molecule has 3 aromatic heterocycles. The molecule has 0 bridgehead atoms. The van der Waals surface area contributed by atoms with Crippen LogP contribution in [0.3, 0.4) is 0 Å². The zero-order valence-corrected chi connectivity index (χ0v) is 15.8. The number of ether oxygens (including phenoxy) is 1. The fourth-order valence-electron chi connectivity index (χ4n) is 4.01. The lowest BCUT2D eigenvalue weighted by molar-refractivity contribution is -0.0548. The van der Waals surface area contributed by atoms with Gasteiger partial charge in [-0.1, -0.05) is 30.3 Å². The van der Waals surface area contributed by atoms with Crippen molar-refractivity contribution in [3.63, 3.8) is 0 Å². The van der Waals surface area contributed by atoms with Crippen LogP contribution in [-0.2, 0) is 16.9 Å². The maximum Gasteiger partial charge on any atom is 0.169 e. The van der Waals surface area contributed by atoms with E-state index in [-0.39, 0.29) is 0 Å². The van der Waals surface area contributed by atoms with E-state index in [1.54, 1.807) is 12.5 Å². The van der Waals surface area contributed by atoms with Crippen molar-refractivity contribution in [1.82, 2.24) is 24.7 Å². The van der Waals surface area contributed by atoms with Gasteiger partial charge >= 0.3 is 0 Å². The molecule has 0 radical (unpaired) electrons. The Morgan fingerprint density at radius 2 is 2.07 bits per heavy atom. The van der Waals surface area contributed by atoms with Crippen molar-refractivity contribution < 1.29 is 4.74 Å². The quantitative estimate of drug-likeness (QED) is 0.546. The molecule has 3 heterocycles. The molecule has 0 aliphatic heterocycles. The number of fused-ring (bicyclic) bond motifs is 1. The minimum absolute atomic E-state index is 0.408. The summed E-state index contributed by atoms with van der Waals surface area (Å²) in [6.45, 7) is 0.408. The highest BCUT2D eigenvalue weighted by Crippen LogP contribution is 2.44. The fourth-order valence-corrected chi connectivity index (χ4v) is 4.01. The topological polar surface area (TPSA) is 92.4 Å². The molecule has 1 N–H and O–H groups in total. The van der Waals surface area contributed by atoms with Crippen molar-refractivity contribution in [2.24, 2.45) is 0 Å². The molecule has 144 valence electrons. The number of nitrogens with zero attached hydrogens (tertiary/aromatic N) is 5. The molecule has 7 nitrogen and oxygen atoms in total. The Hall–Kier alpha value is -3.50. The van der Waals surface area contributed by atoms with Crippen LogP contribution in [0, 0.1) is 11.3 Å². The van der Waals surface area contributed by atoms with Gasteiger partial charge in [0.2, 0.25) is 0 Å². The molecule has 4 aromatic rings. The van der Waals surface area contributed by atoms with Crippen molar-refractivity contribution in [2.75, 3.05) is 0 Å². The molecule has 1 saturated carbocycles. The molecule has 1 atom stereocenters. The number of nitriles is 1. The molecule has 0 saturated heterocycles. The molecule has 1 aliphatic carbocycles. The lowest BCUT2D eigenvalue weighted by atomic mass is 9.73. The normalized spacial score (nSPS) is 16.2. The number of hydrogen-bond acceptors (Lipinski definition) is 5. The molecule has 7 heteroatoms. The van der Waals surface area contributed by atoms with Gasteiger partial charge in [-0.25, -0.2) is 9.97 Å². The second kappa shape index (κ2) is 7.15. The van der Waals surface area contributed by atoms with E-state index in [2.05, 4.69) is 26.1 Å². The summed E-state index contributed by atoms with van der Waals surface area (Å²) in [5, 5.41) is 15.4. The van der Waals surface area contributed by atoms with E-state index in [1.807, 2.05) is 53.5 Å². The highest BCUT2D eigenvalue weighted by atomic mass is 16.5. The van der Waals surface area contributed by atoms with Gasteiger partial charge < -0.3 is 9.72 Å². The summed E-state index contributed by atoms with van der Waals surface area (Å²) in [5.74, 6) is 0. The molecule has 1 fully saturated rings. The summed E-state index contributed by atoms with van der Waals surface area (Å²) in [7, 11) is 0. The van der Waals surface area contributed by atoms with E-state index in [4.69, 9.17) is 4.74 Å². The Bertz CT molecular complexity index is 1170. The fraction of sp³-hybridized carbons (Fsp3) is 0.273. The van der Waals surface area contributed by atoms with Crippen LogP contribution in [0.25, 0.3) is 22.3 Å². The lowest BCUT2D eigenvalue weighted by Crippen LogP contribution is -2.51. The van der Waals surface area contributed by atoms with E-state index in [1.165, 1.54) is 0 Å². The molecule has 1 aliphatic rings. The Balaban J connectivity index is 1.44. The third-order valence-electron chi connectivity index (χ3n) is 5.75. The Morgan fingerprint density at radius 1 is 1.21 bits per heavy atom. The zero-order chi connectivity index (χ0) is 19.7. The van der Waals surface area contributed by atoms with Gasteiger partial charge in [-0.05, 0) is 30.9 Å². The second-order valence-corrected chi connectivity index (χ2v) is 7.40. The summed E-state index contributed by atoms with van der Waals surface area (Å²) in [6.07, 6.45) is 9.40. The van der Waals surface area contributed by atoms with Crippen LogP contribution in [0.2, 0.25) is 0 Å². The number of aromatic amines is 1. The Morgan fingerprint density at radius 3 is 2.83 bits per heavy atom. The Labute approximate surface area is 168 Å². The number of hydrogen-bond donors (Lipinski definition) is 1. The van der Waals surface area contributed by atoms with E-state index >= 15 is 0 Å². The van der Waals surface area contributed by atoms with Crippen molar-refractivity contribution in [3.05, 3.63) is 66.9 Å². The number of rotatable bonds is 6. The largest absolute Gasteiger partial charge is 0.356 e. The van der Waals surface area contributed by atoms with Crippen LogP contribution in [0.4, 0.5) is 0 Å². The third kappa shape index (κ3) is 2.98. The van der Waals surface area contributed by atoms with Crippen LogP contribution in [0.15, 0.2) is 61.3 Å². The maximum atomic E-state index is 9.86. The molecule has 0 amide bonds. The van der Waals surface area contributed by atoms with Crippen molar-refractivity contribution >= 4 is 11.0 Å². The van der Waals surface area contributed by atoms with Crippen molar-refractivity contribution in [2.45, 2.75) is 37.5 Å². The SMILES string of the molecule is N#CC(OCc1ccccc1)C1(n2cc(-c3ncnc4[nH]ccc34)cn2)CCC1. The molecular weight excluding hydrogens is 364 g/mol. The van der Waals surface area contributed by atoms with Crippen LogP contribution in [0.1, 0.15) is 24.8 Å². The van der Waals surface area contributed by atoms with Gasteiger partial charge in [0.15, 0.2) is 6.10 Å². The van der Waals surface area contributed by atoms with Gasteiger partial charge in [-0.3, -0.25) is 4.68 Å². The van der Waals surface area contributed by atoms with Crippen LogP contribution < -0.4 is 0 Å². The van der Waals surface area contributed by atoms with E-state index < -0.39 is 11.6 Å². The van der Waals surface area contributed by atoms with Gasteiger partial charge in [-0.15, -0.1) is 0 Å². The predicted octanol–water partition coefficient (Wildman–Crippen LogP) is 3.81. The minimum atomic E-state index is -0.568. The first-order valence-electron chi connectivity index (χ1n) is 9.69. The first kappa shape index (κ1) is 17.6. The molecule has 1 unspecified atom stereocenters. The van der Waals surface area contributed by atoms with Gasteiger partial charge in [0.05, 0.1) is 24.6 Å². The van der Waals surface area contributed by atoms with E-state index in [0.717, 1.165) is 47.1 Å². The predicted molar refractivity (Wildman–Crippen MR) is 108 cm³/mol. The summed E-state index contributed by atoms with van der Waals surface area (Å²) >= 11 is 0. The minimum Gasteiger partial charge on any atom is -0.356 e. The number of nitrogens with one attached hydrogen (secondary N) is 1. The van der Waals surface area contributed by atoms with Gasteiger partial charge in [0, 0.05) is 23.3 Å². The van der Waals surface area contributed by atoms with Crippen LogP contribution in [-0.4, -0.2) is 30.8 Å². The number of benzene rings is 1. The summed E-state index contributed by atoms with van der Waals surface area (Å²) in [5.41, 5.74) is 3.15. The van der Waals surface area contributed by atoms with Gasteiger partial charge in [-0.2, -0.15) is 10.4 Å². The summed E-state index contributed by atoms with van der Waals surface area (Å²) < 4.78 is 7.97. The molecule has 29 heavy (non-hydrogen) atoms. The maximum absolute atomic E-state index is 9.86. The number of aromatic nitrogens is 5. The smallest absolute Gasteiger partial charge is 0.169 e. The first-order chi connectivity index (χ1) is 14.3. The highest BCUT2D eigenvalue weighted by molar-refractivity contribution is 5.89. The third-order valence-corrected chi connectivity index (χ3v) is 5.75. The zero-order valence-electron chi connectivity index (χ0n) is 15.8. The van der Waals surface area contributed by atoms with Gasteiger partial charge in [0.25, 0.3) is 0 Å². The summed E-state index contributed by atoms with van der Waals surface area (Å²) in [4.78, 5) is 11.8. The standard InChI is InChI=1S/C22H20N6O/c23-11-19(29-14-16-5-2-1-3-6-16)22(8-4-9-22)28-13-17(12-27-28)20-18-7-10-24-21(18)26-15-25-20/h1-3,5-7,10,12-13,15,19H,4,8-9,14H2,(H,24,25,26). The average molecular weight is 384 g/mol.